The first-order valence-corrected chi connectivity index (χ1v) is 17.7. The third-order valence-electron chi connectivity index (χ3n) is 7.88. The van der Waals surface area contributed by atoms with Gasteiger partial charge in [-0.25, -0.2) is 24.0 Å². The van der Waals surface area contributed by atoms with E-state index in [1.165, 1.54) is 0 Å². The maximum absolute atomic E-state index is 13.1. The summed E-state index contributed by atoms with van der Waals surface area (Å²) < 4.78 is 39.7. The van der Waals surface area contributed by atoms with E-state index in [-0.39, 0.29) is 56.3 Å². The van der Waals surface area contributed by atoms with Crippen molar-refractivity contribution in [1.82, 2.24) is 0 Å². The first-order valence-electron chi connectivity index (χ1n) is 17.7. The molecular formula is C44H40O12. The number of hydrogen-bond acceptors (Lipinski definition) is 12. The van der Waals surface area contributed by atoms with E-state index >= 15 is 0 Å². The molecule has 0 amide bonds. The van der Waals surface area contributed by atoms with Crippen LogP contribution in [0.2, 0.25) is 0 Å². The Bertz CT molecular complexity index is 1860. The van der Waals surface area contributed by atoms with E-state index in [1.54, 1.807) is 152 Å². The Balaban J connectivity index is 1.24. The highest BCUT2D eigenvalue weighted by molar-refractivity contribution is 5.91. The van der Waals surface area contributed by atoms with Crippen LogP contribution < -0.4 is 0 Å². The van der Waals surface area contributed by atoms with Crippen molar-refractivity contribution in [2.75, 3.05) is 39.6 Å². The molecule has 0 radical (unpaired) electrons. The smallest absolute Gasteiger partial charge is 0.338 e. The van der Waals surface area contributed by atoms with E-state index in [1.807, 2.05) is 0 Å². The summed E-state index contributed by atoms with van der Waals surface area (Å²) in [6.07, 6.45) is -3.09. The summed E-state index contributed by atoms with van der Waals surface area (Å²) in [5, 5.41) is 0. The van der Waals surface area contributed by atoms with Crippen LogP contribution in [0.15, 0.2) is 152 Å². The molecule has 0 bridgehead atoms. The van der Waals surface area contributed by atoms with Crippen molar-refractivity contribution in [3.8, 4) is 0 Å². The lowest BCUT2D eigenvalue weighted by Crippen LogP contribution is -2.35. The molecule has 12 nitrogen and oxygen atoms in total. The second-order valence-electron chi connectivity index (χ2n) is 12.2. The quantitative estimate of drug-likeness (QED) is 0.0637. The van der Waals surface area contributed by atoms with E-state index in [2.05, 4.69) is 0 Å². The van der Waals surface area contributed by atoms with Gasteiger partial charge >= 0.3 is 29.8 Å². The molecule has 0 aliphatic rings. The van der Waals surface area contributed by atoms with Gasteiger partial charge < -0.3 is 33.2 Å². The predicted octanol–water partition coefficient (Wildman–Crippen LogP) is 6.41. The summed E-state index contributed by atoms with van der Waals surface area (Å²) in [7, 11) is 0. The van der Waals surface area contributed by atoms with Crippen molar-refractivity contribution in [1.29, 1.82) is 0 Å². The molecule has 0 N–H and O–H groups in total. The van der Waals surface area contributed by atoms with Gasteiger partial charge in [0.15, 0.2) is 12.2 Å². The highest BCUT2D eigenvalue weighted by Crippen LogP contribution is 2.12. The molecule has 56 heavy (non-hydrogen) atoms. The summed E-state index contributed by atoms with van der Waals surface area (Å²) in [6.45, 7) is -1.61. The van der Waals surface area contributed by atoms with Crippen LogP contribution in [0.25, 0.3) is 0 Å². The molecule has 0 aromatic heterocycles. The second-order valence-corrected chi connectivity index (χ2v) is 12.2. The Hall–Kier alpha value is -6.63. The molecule has 288 valence electrons. The Labute approximate surface area is 323 Å². The zero-order valence-corrected chi connectivity index (χ0v) is 30.3. The highest BCUT2D eigenvalue weighted by Gasteiger charge is 2.24. The van der Waals surface area contributed by atoms with Gasteiger partial charge in [-0.15, -0.1) is 0 Å². The maximum atomic E-state index is 13.1. The number of esters is 5. The van der Waals surface area contributed by atoms with Gasteiger partial charge in [0.05, 0.1) is 54.2 Å². The van der Waals surface area contributed by atoms with E-state index < -0.39 is 48.2 Å². The van der Waals surface area contributed by atoms with Gasteiger partial charge in [-0.3, -0.25) is 0 Å². The van der Waals surface area contributed by atoms with E-state index in [9.17, 15) is 24.0 Å². The molecule has 5 aromatic carbocycles. The van der Waals surface area contributed by atoms with E-state index in [0.717, 1.165) is 0 Å². The number of rotatable bonds is 20. The van der Waals surface area contributed by atoms with Gasteiger partial charge in [0.1, 0.15) is 19.3 Å². The zero-order chi connectivity index (χ0) is 39.4. The SMILES string of the molecule is O=C(OCC(COCC(COCC(COC(=O)c1ccccc1)OC(=O)c1ccccc1)OC(=O)c1ccccc1)OC(=O)c1ccccc1)c1ccccc1. The number of hydrogen-bond donors (Lipinski definition) is 0. The van der Waals surface area contributed by atoms with Gasteiger partial charge in [-0.05, 0) is 60.7 Å². The van der Waals surface area contributed by atoms with Gasteiger partial charge in [-0.2, -0.15) is 0 Å². The molecule has 2 atom stereocenters. The van der Waals surface area contributed by atoms with Crippen LogP contribution in [0, 0.1) is 0 Å². The third-order valence-corrected chi connectivity index (χ3v) is 7.88. The summed E-state index contributed by atoms with van der Waals surface area (Å²) in [5.41, 5.74) is 1.48. The molecule has 0 aliphatic heterocycles. The van der Waals surface area contributed by atoms with Gasteiger partial charge in [0.25, 0.3) is 0 Å². The summed E-state index contributed by atoms with van der Waals surface area (Å²) in [5.74, 6) is -3.21. The zero-order valence-electron chi connectivity index (χ0n) is 30.3. The first-order chi connectivity index (χ1) is 27.4. The Morgan fingerprint density at radius 3 is 0.768 bits per heavy atom. The number of carbonyl (C=O) groups is 5. The van der Waals surface area contributed by atoms with Crippen molar-refractivity contribution in [3.05, 3.63) is 179 Å². The minimum absolute atomic E-state index is 0.234. The van der Waals surface area contributed by atoms with Crippen molar-refractivity contribution >= 4 is 29.8 Å². The van der Waals surface area contributed by atoms with Crippen LogP contribution in [-0.4, -0.2) is 87.8 Å². The Kier molecular flexibility index (Phi) is 15.9. The molecule has 12 heteroatoms. The molecule has 5 aromatic rings. The number of ether oxygens (including phenoxy) is 7. The van der Waals surface area contributed by atoms with Gasteiger partial charge in [0, 0.05) is 0 Å². The minimum atomic E-state index is -1.04. The van der Waals surface area contributed by atoms with E-state index in [0.29, 0.717) is 11.1 Å². The molecule has 0 saturated heterocycles. The molecule has 0 fully saturated rings. The fraction of sp³-hybridized carbons (Fsp3) is 0.205. The second kappa shape index (κ2) is 21.9. The van der Waals surface area contributed by atoms with Crippen molar-refractivity contribution in [2.45, 2.75) is 18.3 Å². The third kappa shape index (κ3) is 13.3. The Morgan fingerprint density at radius 1 is 0.304 bits per heavy atom. The van der Waals surface area contributed by atoms with Crippen LogP contribution in [0.5, 0.6) is 0 Å². The minimum Gasteiger partial charge on any atom is -0.458 e. The van der Waals surface area contributed by atoms with E-state index in [4.69, 9.17) is 33.2 Å². The van der Waals surface area contributed by atoms with Crippen molar-refractivity contribution < 1.29 is 57.1 Å². The lowest BCUT2D eigenvalue weighted by Gasteiger charge is -2.23. The van der Waals surface area contributed by atoms with Crippen LogP contribution in [0.4, 0.5) is 0 Å². The standard InChI is InChI=1S/C44H40O12/c45-40(32-16-6-1-7-17-32)52-30-38(55-43(48)35-22-12-4-13-23-35)28-50-26-37(54-42(47)34-20-10-3-11-21-34)27-51-29-39(56-44(49)36-24-14-5-15-25-36)31-53-41(46)33-18-8-2-9-19-33/h1-25,37-39H,26-31H2. The maximum Gasteiger partial charge on any atom is 0.338 e. The topological polar surface area (TPSA) is 150 Å². The number of benzene rings is 5. The predicted molar refractivity (Wildman–Crippen MR) is 202 cm³/mol. The highest BCUT2D eigenvalue weighted by atomic mass is 16.6. The average molecular weight is 761 g/mol. The van der Waals surface area contributed by atoms with Crippen molar-refractivity contribution in [3.63, 3.8) is 0 Å². The van der Waals surface area contributed by atoms with Gasteiger partial charge in [-0.1, -0.05) is 91.0 Å². The van der Waals surface area contributed by atoms with Crippen LogP contribution in [0.3, 0.4) is 0 Å². The molecule has 0 spiro atoms. The molecule has 5 rings (SSSR count). The largest absolute Gasteiger partial charge is 0.458 e. The molecule has 0 heterocycles. The van der Waals surface area contributed by atoms with Gasteiger partial charge in [0.2, 0.25) is 0 Å². The molecule has 0 aliphatic carbocycles. The summed E-state index contributed by atoms with van der Waals surface area (Å²) in [6, 6.07) is 41.5. The summed E-state index contributed by atoms with van der Waals surface area (Å²) in [4.78, 5) is 64.3. The molecule has 0 saturated carbocycles. The normalized spacial score (nSPS) is 12.3. The number of carbonyl (C=O) groups excluding carboxylic acids is 5. The fourth-order valence-electron chi connectivity index (χ4n) is 5.04. The lowest BCUT2D eigenvalue weighted by atomic mass is 10.2. The van der Waals surface area contributed by atoms with Crippen LogP contribution in [0.1, 0.15) is 51.8 Å². The Morgan fingerprint density at radius 2 is 0.518 bits per heavy atom. The van der Waals surface area contributed by atoms with Crippen LogP contribution >= 0.6 is 0 Å². The molecule has 2 unspecified atom stereocenters. The monoisotopic (exact) mass is 760 g/mol. The van der Waals surface area contributed by atoms with Crippen molar-refractivity contribution in [2.24, 2.45) is 0 Å². The van der Waals surface area contributed by atoms with Crippen LogP contribution in [-0.2, 0) is 33.2 Å². The molecular weight excluding hydrogens is 720 g/mol. The average Bonchev–Trinajstić information content (AvgIpc) is 3.25. The first kappa shape index (κ1) is 40.6. The lowest BCUT2D eigenvalue weighted by molar-refractivity contribution is -0.0788. The summed E-state index contributed by atoms with van der Waals surface area (Å²) >= 11 is 0. The fourth-order valence-corrected chi connectivity index (χ4v) is 5.04.